The fourth-order valence-corrected chi connectivity index (χ4v) is 2.77. The molecule has 0 aliphatic heterocycles. The van der Waals surface area contributed by atoms with Gasteiger partial charge in [-0.1, -0.05) is 30.3 Å². The molecule has 4 aromatic rings. The molecule has 7 heteroatoms. The van der Waals surface area contributed by atoms with Gasteiger partial charge in [-0.2, -0.15) is 4.68 Å². The highest BCUT2D eigenvalue weighted by molar-refractivity contribution is 6.04. The predicted octanol–water partition coefficient (Wildman–Crippen LogP) is 3.94. The molecule has 0 aliphatic rings. The number of carbonyl (C=O) groups is 1. The normalized spacial score (nSPS) is 10.7. The molecule has 0 aliphatic carbocycles. The topological polar surface area (TPSA) is 77.1 Å². The van der Waals surface area contributed by atoms with Crippen LogP contribution in [0.4, 0.5) is 10.1 Å². The number of anilines is 1. The molecule has 1 aromatic heterocycles. The van der Waals surface area contributed by atoms with Crippen LogP contribution in [0.5, 0.6) is 0 Å². The second-order valence-corrected chi connectivity index (χ2v) is 6.35. The Kier molecular flexibility index (Phi) is 5.03. The van der Waals surface area contributed by atoms with Gasteiger partial charge in [0.1, 0.15) is 5.82 Å². The molecule has 1 heterocycles. The summed E-state index contributed by atoms with van der Waals surface area (Å²) >= 11 is 0. The van der Waals surface area contributed by atoms with E-state index in [1.807, 2.05) is 30.3 Å². The minimum Gasteiger partial charge on any atom is -0.388 e. The summed E-state index contributed by atoms with van der Waals surface area (Å²) in [6, 6.07) is 21.6. The maximum absolute atomic E-state index is 13.0. The molecule has 29 heavy (non-hydrogen) atoms. The Labute approximate surface area is 165 Å². The van der Waals surface area contributed by atoms with Crippen LogP contribution in [0, 0.1) is 5.82 Å². The summed E-state index contributed by atoms with van der Waals surface area (Å²) < 4.78 is 19.4. The van der Waals surface area contributed by atoms with E-state index in [1.165, 1.54) is 28.9 Å². The molecule has 1 N–H and O–H groups in total. The second kappa shape index (κ2) is 7.93. The van der Waals surface area contributed by atoms with Crippen LogP contribution in [0.3, 0.4) is 0 Å². The van der Waals surface area contributed by atoms with Gasteiger partial charge in [-0.3, -0.25) is 4.79 Å². The van der Waals surface area contributed by atoms with Crippen LogP contribution in [0.1, 0.15) is 15.9 Å². The molecule has 0 saturated heterocycles. The number of aromatic nitrogens is 2. The van der Waals surface area contributed by atoms with E-state index >= 15 is 0 Å². The summed E-state index contributed by atoms with van der Waals surface area (Å²) in [6.45, 7) is 0.185. The maximum atomic E-state index is 13.0. The van der Waals surface area contributed by atoms with Crippen molar-refractivity contribution < 1.29 is 13.6 Å². The van der Waals surface area contributed by atoms with E-state index in [9.17, 15) is 14.0 Å². The van der Waals surface area contributed by atoms with Crippen molar-refractivity contribution in [1.82, 2.24) is 9.78 Å². The molecule has 4 rings (SSSR count). The first-order chi connectivity index (χ1) is 14.1. The van der Waals surface area contributed by atoms with Crippen LogP contribution in [0.2, 0.25) is 0 Å². The summed E-state index contributed by atoms with van der Waals surface area (Å²) in [5.41, 5.74) is 2.50. The molecular formula is C22H16FN3O3. The van der Waals surface area contributed by atoms with E-state index < -0.39 is 5.76 Å². The van der Waals surface area contributed by atoms with Gasteiger partial charge in [0.05, 0.1) is 6.54 Å². The van der Waals surface area contributed by atoms with Gasteiger partial charge in [0.25, 0.3) is 5.91 Å². The third-order valence-electron chi connectivity index (χ3n) is 4.28. The van der Waals surface area contributed by atoms with Gasteiger partial charge in [-0.25, -0.2) is 9.18 Å². The highest BCUT2D eigenvalue weighted by Gasteiger charge is 2.12. The van der Waals surface area contributed by atoms with Crippen LogP contribution >= 0.6 is 0 Å². The molecule has 0 saturated carbocycles. The fraction of sp³-hybridized carbons (Fsp3) is 0.0455. The third kappa shape index (κ3) is 4.30. The van der Waals surface area contributed by atoms with Crippen molar-refractivity contribution in [2.45, 2.75) is 6.54 Å². The lowest BCUT2D eigenvalue weighted by Crippen LogP contribution is -2.17. The lowest BCUT2D eigenvalue weighted by molar-refractivity contribution is 0.102. The lowest BCUT2D eigenvalue weighted by Gasteiger charge is -2.06. The monoisotopic (exact) mass is 389 g/mol. The zero-order valence-electron chi connectivity index (χ0n) is 15.2. The number of hydrogen-bond acceptors (Lipinski definition) is 4. The quantitative estimate of drug-likeness (QED) is 0.561. The number of rotatable bonds is 5. The van der Waals surface area contributed by atoms with Crippen LogP contribution < -0.4 is 11.1 Å². The number of amides is 1. The average Bonchev–Trinajstić information content (AvgIpc) is 3.10. The van der Waals surface area contributed by atoms with Gasteiger partial charge in [-0.05, 0) is 54.1 Å². The number of benzene rings is 3. The van der Waals surface area contributed by atoms with Crippen molar-refractivity contribution in [2.75, 3.05) is 5.32 Å². The highest BCUT2D eigenvalue weighted by Crippen LogP contribution is 2.16. The minimum atomic E-state index is -0.616. The first-order valence-corrected chi connectivity index (χ1v) is 8.88. The summed E-state index contributed by atoms with van der Waals surface area (Å²) in [4.78, 5) is 24.4. The Balaban J connectivity index is 1.47. The van der Waals surface area contributed by atoms with Crippen molar-refractivity contribution in [3.63, 3.8) is 0 Å². The van der Waals surface area contributed by atoms with Gasteiger partial charge in [-0.15, -0.1) is 5.10 Å². The SMILES string of the molecule is O=C(Nc1ccccc1)c1ccc(Cn2nc(-c3ccc(F)cc3)oc2=O)cc1. The first-order valence-electron chi connectivity index (χ1n) is 8.88. The van der Waals surface area contributed by atoms with Crippen molar-refractivity contribution in [3.8, 4) is 11.5 Å². The second-order valence-electron chi connectivity index (χ2n) is 6.35. The lowest BCUT2D eigenvalue weighted by atomic mass is 10.1. The fourth-order valence-electron chi connectivity index (χ4n) is 2.77. The summed E-state index contributed by atoms with van der Waals surface area (Å²) in [5.74, 6) is -1.10. The molecule has 0 fully saturated rings. The summed E-state index contributed by atoms with van der Waals surface area (Å²) in [6.07, 6.45) is 0. The zero-order valence-corrected chi connectivity index (χ0v) is 15.2. The minimum absolute atomic E-state index is 0.119. The van der Waals surface area contributed by atoms with Gasteiger partial charge >= 0.3 is 5.76 Å². The average molecular weight is 389 g/mol. The number of nitrogens with zero attached hydrogens (tertiary/aromatic N) is 2. The number of nitrogens with one attached hydrogen (secondary N) is 1. The van der Waals surface area contributed by atoms with E-state index in [2.05, 4.69) is 10.4 Å². The number of hydrogen-bond donors (Lipinski definition) is 1. The summed E-state index contributed by atoms with van der Waals surface area (Å²) in [7, 11) is 0. The van der Waals surface area contributed by atoms with E-state index in [1.54, 1.807) is 24.3 Å². The van der Waals surface area contributed by atoms with Gasteiger partial charge in [0.15, 0.2) is 0 Å². The highest BCUT2D eigenvalue weighted by atomic mass is 19.1. The largest absolute Gasteiger partial charge is 0.437 e. The van der Waals surface area contributed by atoms with Crippen LogP contribution in [0.25, 0.3) is 11.5 Å². The van der Waals surface area contributed by atoms with E-state index in [-0.39, 0.29) is 24.2 Å². The molecule has 6 nitrogen and oxygen atoms in total. The third-order valence-corrected chi connectivity index (χ3v) is 4.28. The van der Waals surface area contributed by atoms with Crippen LogP contribution in [-0.4, -0.2) is 15.7 Å². The van der Waals surface area contributed by atoms with Crippen LogP contribution in [0.15, 0.2) is 88.1 Å². The standard InChI is InChI=1S/C22H16FN3O3/c23-18-12-10-17(11-13-18)21-25-26(22(28)29-21)14-15-6-8-16(9-7-15)20(27)24-19-4-2-1-3-5-19/h1-13H,14H2,(H,24,27). The molecule has 0 bridgehead atoms. The molecule has 1 amide bonds. The van der Waals surface area contributed by atoms with Crippen molar-refractivity contribution in [1.29, 1.82) is 0 Å². The smallest absolute Gasteiger partial charge is 0.388 e. The van der Waals surface area contributed by atoms with Crippen molar-refractivity contribution in [3.05, 3.63) is 106 Å². The molecule has 0 spiro atoms. The predicted molar refractivity (Wildman–Crippen MR) is 106 cm³/mol. The Morgan fingerprint density at radius 2 is 1.66 bits per heavy atom. The van der Waals surface area contributed by atoms with E-state index in [4.69, 9.17) is 4.42 Å². The number of carbonyl (C=O) groups excluding carboxylic acids is 1. The molecular weight excluding hydrogens is 373 g/mol. The maximum Gasteiger partial charge on any atom is 0.437 e. The Morgan fingerprint density at radius 1 is 0.966 bits per heavy atom. The summed E-state index contributed by atoms with van der Waals surface area (Å²) in [5, 5.41) is 6.97. The van der Waals surface area contributed by atoms with E-state index in [0.29, 0.717) is 16.8 Å². The van der Waals surface area contributed by atoms with E-state index in [0.717, 1.165) is 5.56 Å². The van der Waals surface area contributed by atoms with Crippen LogP contribution in [-0.2, 0) is 6.54 Å². The van der Waals surface area contributed by atoms with Gasteiger partial charge < -0.3 is 9.73 Å². The number of halogens is 1. The first kappa shape index (κ1) is 18.4. The molecule has 0 radical (unpaired) electrons. The zero-order chi connectivity index (χ0) is 20.2. The van der Waals surface area contributed by atoms with Gasteiger partial charge in [0, 0.05) is 16.8 Å². The van der Waals surface area contributed by atoms with Crippen molar-refractivity contribution >= 4 is 11.6 Å². The van der Waals surface area contributed by atoms with Crippen molar-refractivity contribution in [2.24, 2.45) is 0 Å². The molecule has 144 valence electrons. The molecule has 3 aromatic carbocycles. The Morgan fingerprint density at radius 3 is 2.34 bits per heavy atom. The Bertz CT molecular complexity index is 1180. The molecule has 0 atom stereocenters. The Hall–Kier alpha value is -4.00. The molecule has 0 unspecified atom stereocenters. The number of para-hydroxylation sites is 1. The van der Waals surface area contributed by atoms with Gasteiger partial charge in [0.2, 0.25) is 5.89 Å².